The molecule has 0 radical (unpaired) electrons. The summed E-state index contributed by atoms with van der Waals surface area (Å²) in [5.41, 5.74) is 0.879. The van der Waals surface area contributed by atoms with Crippen molar-refractivity contribution >= 4 is 27.7 Å². The second-order valence-corrected chi connectivity index (χ2v) is 4.02. The van der Waals surface area contributed by atoms with E-state index in [9.17, 15) is 4.79 Å². The number of carbonyl (C=O) groups is 1. The van der Waals surface area contributed by atoms with Crippen LogP contribution < -0.4 is 4.90 Å². The topological polar surface area (TPSA) is 29.5 Å². The average Bonchev–Trinajstić information content (AvgIpc) is 2.18. The Hall–Kier alpha value is -1.03. The number of ether oxygens (including phenoxy) is 1. The van der Waals surface area contributed by atoms with Crippen LogP contribution in [0.5, 0.6) is 0 Å². The number of anilines is 1. The molecular weight excluding hydrogens is 246 g/mol. The van der Waals surface area contributed by atoms with Crippen molar-refractivity contribution in [2.75, 3.05) is 18.1 Å². The molecule has 0 saturated carbocycles. The molecule has 1 amide bonds. The lowest BCUT2D eigenvalue weighted by atomic mass is 10.2. The molecule has 1 fully saturated rings. The van der Waals surface area contributed by atoms with E-state index in [1.165, 1.54) is 0 Å². The molecule has 74 valence electrons. The lowest BCUT2D eigenvalue weighted by Gasteiger charge is -2.26. The molecule has 1 aliphatic heterocycles. The molecule has 1 aromatic carbocycles. The van der Waals surface area contributed by atoms with Crippen molar-refractivity contribution in [3.05, 3.63) is 28.7 Å². The summed E-state index contributed by atoms with van der Waals surface area (Å²) in [4.78, 5) is 13.0. The summed E-state index contributed by atoms with van der Waals surface area (Å²) >= 11 is 3.37. The van der Waals surface area contributed by atoms with E-state index >= 15 is 0 Å². The van der Waals surface area contributed by atoms with Crippen LogP contribution in [-0.4, -0.2) is 19.2 Å². The third-order valence-corrected chi connectivity index (χ3v) is 2.59. The van der Waals surface area contributed by atoms with Crippen molar-refractivity contribution < 1.29 is 9.53 Å². The number of hydrogen-bond acceptors (Lipinski definition) is 2. The van der Waals surface area contributed by atoms with E-state index in [1.807, 2.05) is 24.3 Å². The average molecular weight is 256 g/mol. The molecule has 0 aromatic heterocycles. The molecule has 0 bridgehead atoms. The van der Waals surface area contributed by atoms with Crippen LogP contribution in [0.4, 0.5) is 10.5 Å². The lowest BCUT2D eigenvalue weighted by Crippen LogP contribution is -2.37. The van der Waals surface area contributed by atoms with Crippen molar-refractivity contribution in [3.63, 3.8) is 0 Å². The smallest absolute Gasteiger partial charge is 0.414 e. The lowest BCUT2D eigenvalue weighted by molar-refractivity contribution is 0.140. The quantitative estimate of drug-likeness (QED) is 0.773. The minimum atomic E-state index is -0.255. The first-order valence-electron chi connectivity index (χ1n) is 4.47. The number of nitrogens with zero attached hydrogens (tertiary/aromatic N) is 1. The Labute approximate surface area is 90.8 Å². The number of hydrogen-bond donors (Lipinski definition) is 0. The summed E-state index contributed by atoms with van der Waals surface area (Å²) in [5.74, 6) is 0. The van der Waals surface area contributed by atoms with E-state index in [0.29, 0.717) is 6.61 Å². The van der Waals surface area contributed by atoms with Crippen molar-refractivity contribution in [3.8, 4) is 0 Å². The zero-order valence-electron chi connectivity index (χ0n) is 7.57. The molecule has 0 aliphatic carbocycles. The molecule has 0 unspecified atom stereocenters. The fourth-order valence-electron chi connectivity index (χ4n) is 1.43. The molecule has 1 heterocycles. The van der Waals surface area contributed by atoms with Crippen molar-refractivity contribution in [1.82, 2.24) is 0 Å². The van der Waals surface area contributed by atoms with Crippen LogP contribution in [0.25, 0.3) is 0 Å². The summed E-state index contributed by atoms with van der Waals surface area (Å²) in [6.07, 6.45) is 0.632. The van der Waals surface area contributed by atoms with Gasteiger partial charge in [0.2, 0.25) is 0 Å². The van der Waals surface area contributed by atoms with Gasteiger partial charge in [0, 0.05) is 16.7 Å². The summed E-state index contributed by atoms with van der Waals surface area (Å²) in [6, 6.07) is 7.64. The van der Waals surface area contributed by atoms with E-state index < -0.39 is 0 Å². The Balaban J connectivity index is 2.24. The maximum absolute atomic E-state index is 11.4. The number of cyclic esters (lactones) is 1. The molecule has 0 N–H and O–H groups in total. The molecule has 1 aromatic rings. The standard InChI is InChI=1S/C10H10BrNO2/c11-8-3-1-4-9(7-8)12-5-2-6-14-10(12)13/h1,3-4,7H,2,5-6H2. The molecule has 4 heteroatoms. The summed E-state index contributed by atoms with van der Waals surface area (Å²) in [6.45, 7) is 1.26. The SMILES string of the molecule is O=C1OCCCN1c1cccc(Br)c1. The normalized spacial score (nSPS) is 16.6. The summed E-state index contributed by atoms with van der Waals surface area (Å²) < 4.78 is 5.92. The largest absolute Gasteiger partial charge is 0.449 e. The molecule has 3 nitrogen and oxygen atoms in total. The maximum atomic E-state index is 11.4. The zero-order valence-corrected chi connectivity index (χ0v) is 9.16. The Morgan fingerprint density at radius 2 is 2.29 bits per heavy atom. The highest BCUT2D eigenvalue weighted by molar-refractivity contribution is 9.10. The highest BCUT2D eigenvalue weighted by Crippen LogP contribution is 2.22. The highest BCUT2D eigenvalue weighted by Gasteiger charge is 2.20. The van der Waals surface area contributed by atoms with E-state index in [4.69, 9.17) is 4.74 Å². The molecule has 2 rings (SSSR count). The Morgan fingerprint density at radius 1 is 1.43 bits per heavy atom. The van der Waals surface area contributed by atoms with Crippen LogP contribution in [0.15, 0.2) is 28.7 Å². The van der Waals surface area contributed by atoms with E-state index in [0.717, 1.165) is 23.1 Å². The minimum Gasteiger partial charge on any atom is -0.449 e. The first-order chi connectivity index (χ1) is 6.77. The molecule has 1 aliphatic rings. The van der Waals surface area contributed by atoms with Crippen LogP contribution in [0, 0.1) is 0 Å². The molecule has 14 heavy (non-hydrogen) atoms. The maximum Gasteiger partial charge on any atom is 0.414 e. The Bertz CT molecular complexity index is 354. The van der Waals surface area contributed by atoms with Gasteiger partial charge in [0.25, 0.3) is 0 Å². The first kappa shape index (κ1) is 9.52. The number of halogens is 1. The van der Waals surface area contributed by atoms with Gasteiger partial charge in [-0.1, -0.05) is 22.0 Å². The van der Waals surface area contributed by atoms with Gasteiger partial charge in [-0.15, -0.1) is 0 Å². The van der Waals surface area contributed by atoms with Crippen molar-refractivity contribution in [2.24, 2.45) is 0 Å². The van der Waals surface area contributed by atoms with Gasteiger partial charge in [0.05, 0.1) is 6.61 Å². The first-order valence-corrected chi connectivity index (χ1v) is 5.26. The highest BCUT2D eigenvalue weighted by atomic mass is 79.9. The zero-order chi connectivity index (χ0) is 9.97. The van der Waals surface area contributed by atoms with Gasteiger partial charge in [0.1, 0.15) is 0 Å². The second kappa shape index (κ2) is 4.00. The predicted molar refractivity (Wildman–Crippen MR) is 57.5 cm³/mol. The van der Waals surface area contributed by atoms with Gasteiger partial charge in [0.15, 0.2) is 0 Å². The van der Waals surface area contributed by atoms with Gasteiger partial charge in [-0.2, -0.15) is 0 Å². The minimum absolute atomic E-state index is 0.255. The fraction of sp³-hybridized carbons (Fsp3) is 0.300. The third-order valence-electron chi connectivity index (χ3n) is 2.09. The number of benzene rings is 1. The van der Waals surface area contributed by atoms with Crippen molar-refractivity contribution in [2.45, 2.75) is 6.42 Å². The van der Waals surface area contributed by atoms with Gasteiger partial charge in [-0.05, 0) is 24.6 Å². The van der Waals surface area contributed by atoms with Gasteiger partial charge >= 0.3 is 6.09 Å². The van der Waals surface area contributed by atoms with Crippen LogP contribution in [-0.2, 0) is 4.74 Å². The van der Waals surface area contributed by atoms with Crippen molar-refractivity contribution in [1.29, 1.82) is 0 Å². The Kier molecular flexibility index (Phi) is 2.72. The van der Waals surface area contributed by atoms with Gasteiger partial charge in [-0.25, -0.2) is 4.79 Å². The van der Waals surface area contributed by atoms with Crippen LogP contribution >= 0.6 is 15.9 Å². The second-order valence-electron chi connectivity index (χ2n) is 3.10. The number of carbonyl (C=O) groups excluding carboxylic acids is 1. The van der Waals surface area contributed by atoms with Crippen LogP contribution in [0.3, 0.4) is 0 Å². The van der Waals surface area contributed by atoms with Crippen LogP contribution in [0.2, 0.25) is 0 Å². The molecule has 0 spiro atoms. The van der Waals surface area contributed by atoms with Gasteiger partial charge in [-0.3, -0.25) is 4.90 Å². The Morgan fingerprint density at radius 3 is 3.00 bits per heavy atom. The van der Waals surface area contributed by atoms with E-state index in [-0.39, 0.29) is 6.09 Å². The third kappa shape index (κ3) is 1.90. The summed E-state index contributed by atoms with van der Waals surface area (Å²) in [5, 5.41) is 0. The fourth-order valence-corrected chi connectivity index (χ4v) is 1.82. The number of rotatable bonds is 1. The molecule has 1 saturated heterocycles. The molecule has 0 atom stereocenters. The molecular formula is C10H10BrNO2. The van der Waals surface area contributed by atoms with Gasteiger partial charge < -0.3 is 4.74 Å². The van der Waals surface area contributed by atoms with E-state index in [1.54, 1.807) is 4.90 Å². The predicted octanol–water partition coefficient (Wildman–Crippen LogP) is 2.80. The monoisotopic (exact) mass is 255 g/mol. The van der Waals surface area contributed by atoms with Crippen LogP contribution in [0.1, 0.15) is 6.42 Å². The summed E-state index contributed by atoms with van der Waals surface area (Å²) in [7, 11) is 0. The van der Waals surface area contributed by atoms with E-state index in [2.05, 4.69) is 15.9 Å². The number of amides is 1.